The minimum atomic E-state index is 0.434. The molecule has 0 bridgehead atoms. The van der Waals surface area contributed by atoms with Crippen molar-refractivity contribution in [1.82, 2.24) is 15.4 Å². The van der Waals surface area contributed by atoms with E-state index in [9.17, 15) is 0 Å². The van der Waals surface area contributed by atoms with Gasteiger partial charge in [0.25, 0.3) is 5.89 Å². The molecule has 2 heterocycles. The summed E-state index contributed by atoms with van der Waals surface area (Å²) < 4.78 is 11.3. The van der Waals surface area contributed by atoms with Gasteiger partial charge < -0.3 is 8.94 Å². The molecule has 0 spiro atoms. The van der Waals surface area contributed by atoms with Crippen molar-refractivity contribution in [3.05, 3.63) is 71.3 Å². The second kappa shape index (κ2) is 7.40. The molecule has 0 aliphatic rings. The fraction of sp³-hybridized carbons (Fsp3) is 0.190. The Balaban J connectivity index is 1.56. The molecule has 4 aromatic rings. The quantitative estimate of drug-likeness (QED) is 0.421. The average Bonchev–Trinajstić information content (AvgIpc) is 3.29. The number of hydrogen-bond acceptors (Lipinski definition) is 6. The number of hydrogen-bond donors (Lipinski definition) is 0. The van der Waals surface area contributed by atoms with Crippen molar-refractivity contribution in [1.29, 1.82) is 0 Å². The van der Waals surface area contributed by atoms with Crippen molar-refractivity contribution in [2.75, 3.05) is 0 Å². The predicted molar refractivity (Wildman–Crippen MR) is 105 cm³/mol. The Labute approximate surface area is 161 Å². The number of rotatable bonds is 5. The van der Waals surface area contributed by atoms with Gasteiger partial charge in [-0.2, -0.15) is 0 Å². The minimum Gasteiger partial charge on any atom is -0.420 e. The summed E-state index contributed by atoms with van der Waals surface area (Å²) in [4.78, 5) is 1.18. The molecule has 4 rings (SSSR count). The van der Waals surface area contributed by atoms with Gasteiger partial charge in [0.15, 0.2) is 0 Å². The molecule has 2 aromatic carbocycles. The van der Waals surface area contributed by atoms with Gasteiger partial charge in [0.2, 0.25) is 5.89 Å². The van der Waals surface area contributed by atoms with Gasteiger partial charge in [-0.05, 0) is 44.0 Å². The van der Waals surface area contributed by atoms with Crippen molar-refractivity contribution in [2.24, 2.45) is 0 Å². The topological polar surface area (TPSA) is 65.0 Å². The van der Waals surface area contributed by atoms with Crippen LogP contribution in [-0.2, 0) is 5.75 Å². The van der Waals surface area contributed by atoms with Crippen molar-refractivity contribution in [3.63, 3.8) is 0 Å². The van der Waals surface area contributed by atoms with E-state index in [0.29, 0.717) is 29.0 Å². The van der Waals surface area contributed by atoms with Gasteiger partial charge in [-0.25, -0.2) is 0 Å². The zero-order valence-corrected chi connectivity index (χ0v) is 16.2. The lowest BCUT2D eigenvalue weighted by Crippen LogP contribution is -1.84. The zero-order valence-electron chi connectivity index (χ0n) is 15.4. The molecule has 136 valence electrons. The maximum atomic E-state index is 5.90. The number of benzene rings is 2. The first kappa shape index (κ1) is 17.5. The number of aryl methyl sites for hydroxylation is 3. The molecule has 0 N–H and O–H groups in total. The Kier molecular flexibility index (Phi) is 4.81. The van der Waals surface area contributed by atoms with Gasteiger partial charge in [0.05, 0.1) is 5.75 Å². The van der Waals surface area contributed by atoms with Gasteiger partial charge in [-0.1, -0.05) is 41.6 Å². The van der Waals surface area contributed by atoms with Crippen LogP contribution in [-0.4, -0.2) is 15.4 Å². The van der Waals surface area contributed by atoms with Crippen molar-refractivity contribution < 1.29 is 8.94 Å². The Morgan fingerprint density at radius 1 is 0.926 bits per heavy atom. The van der Waals surface area contributed by atoms with E-state index in [0.717, 1.165) is 11.1 Å². The summed E-state index contributed by atoms with van der Waals surface area (Å²) in [6, 6.07) is 16.3. The third-order valence-corrected chi connectivity index (χ3v) is 5.41. The first-order chi connectivity index (χ1) is 13.1. The smallest absolute Gasteiger partial charge is 0.253 e. The van der Waals surface area contributed by atoms with Crippen LogP contribution in [0.3, 0.4) is 0 Å². The molecule has 2 aromatic heterocycles. The zero-order chi connectivity index (χ0) is 18.8. The first-order valence-electron chi connectivity index (χ1n) is 8.66. The summed E-state index contributed by atoms with van der Waals surface area (Å²) in [5.74, 6) is 2.28. The van der Waals surface area contributed by atoms with Crippen LogP contribution in [0, 0.1) is 20.8 Å². The Morgan fingerprint density at radius 3 is 2.52 bits per heavy atom. The van der Waals surface area contributed by atoms with Crippen LogP contribution in [0.2, 0.25) is 0 Å². The molecular weight excluding hydrogens is 358 g/mol. The van der Waals surface area contributed by atoms with Gasteiger partial charge in [0, 0.05) is 10.5 Å². The molecule has 6 heteroatoms. The van der Waals surface area contributed by atoms with Gasteiger partial charge in [-0.15, -0.1) is 22.0 Å². The maximum Gasteiger partial charge on any atom is 0.253 e. The summed E-state index contributed by atoms with van der Waals surface area (Å²) in [5, 5.41) is 12.6. The van der Waals surface area contributed by atoms with Crippen molar-refractivity contribution >= 4 is 11.8 Å². The van der Waals surface area contributed by atoms with E-state index in [4.69, 9.17) is 8.94 Å². The first-order valence-corrected chi connectivity index (χ1v) is 9.65. The molecule has 27 heavy (non-hydrogen) atoms. The van der Waals surface area contributed by atoms with Crippen LogP contribution < -0.4 is 0 Å². The van der Waals surface area contributed by atoms with E-state index >= 15 is 0 Å². The van der Waals surface area contributed by atoms with Crippen LogP contribution in [0.1, 0.15) is 22.8 Å². The summed E-state index contributed by atoms with van der Waals surface area (Å²) in [6.45, 7) is 6.08. The van der Waals surface area contributed by atoms with E-state index in [1.807, 2.05) is 37.3 Å². The second-order valence-electron chi connectivity index (χ2n) is 6.36. The molecule has 0 aliphatic heterocycles. The summed E-state index contributed by atoms with van der Waals surface area (Å²) in [5.41, 5.74) is 4.98. The third-order valence-electron chi connectivity index (χ3n) is 4.43. The van der Waals surface area contributed by atoms with E-state index in [1.165, 1.54) is 16.0 Å². The summed E-state index contributed by atoms with van der Waals surface area (Å²) in [6.07, 6.45) is 0. The second-order valence-corrected chi connectivity index (χ2v) is 7.41. The van der Waals surface area contributed by atoms with Crippen LogP contribution >= 0.6 is 11.8 Å². The molecule has 5 nitrogen and oxygen atoms in total. The number of aromatic nitrogens is 3. The summed E-state index contributed by atoms with van der Waals surface area (Å²) in [7, 11) is 0. The van der Waals surface area contributed by atoms with E-state index in [-0.39, 0.29) is 0 Å². The van der Waals surface area contributed by atoms with E-state index in [2.05, 4.69) is 47.4 Å². The Morgan fingerprint density at radius 2 is 1.74 bits per heavy atom. The lowest BCUT2D eigenvalue weighted by atomic mass is 10.1. The lowest BCUT2D eigenvalue weighted by Gasteiger charge is -2.03. The minimum absolute atomic E-state index is 0.434. The van der Waals surface area contributed by atoms with Crippen LogP contribution in [0.15, 0.2) is 62.4 Å². The number of thioether (sulfide) groups is 1. The van der Waals surface area contributed by atoms with E-state index < -0.39 is 0 Å². The predicted octanol–water partition coefficient (Wildman–Crippen LogP) is 5.61. The van der Waals surface area contributed by atoms with Gasteiger partial charge >= 0.3 is 0 Å². The van der Waals surface area contributed by atoms with Crippen LogP contribution in [0.5, 0.6) is 0 Å². The molecule has 0 radical (unpaired) electrons. The average molecular weight is 377 g/mol. The lowest BCUT2D eigenvalue weighted by molar-refractivity contribution is 0.399. The van der Waals surface area contributed by atoms with Crippen molar-refractivity contribution in [2.45, 2.75) is 31.4 Å². The number of nitrogens with zero attached hydrogens (tertiary/aromatic N) is 3. The molecule has 0 fully saturated rings. The highest BCUT2D eigenvalue weighted by molar-refractivity contribution is 7.98. The SMILES string of the molecule is Cc1ccc(SCc2nnc(-c3c(-c4ccccc4)noc3C)o2)cc1C. The normalized spacial score (nSPS) is 11.1. The molecular formula is C21H19N3O2S. The summed E-state index contributed by atoms with van der Waals surface area (Å²) >= 11 is 1.68. The molecule has 0 unspecified atom stereocenters. The van der Waals surface area contributed by atoms with Crippen molar-refractivity contribution in [3.8, 4) is 22.7 Å². The fourth-order valence-electron chi connectivity index (χ4n) is 2.78. The highest BCUT2D eigenvalue weighted by Crippen LogP contribution is 2.34. The maximum absolute atomic E-state index is 5.90. The molecule has 0 saturated carbocycles. The van der Waals surface area contributed by atoms with Gasteiger partial charge in [-0.3, -0.25) is 0 Å². The van der Waals surface area contributed by atoms with Crippen LogP contribution in [0.4, 0.5) is 0 Å². The Hall–Kier alpha value is -2.86. The van der Waals surface area contributed by atoms with Gasteiger partial charge in [0.1, 0.15) is 17.0 Å². The molecule has 0 aliphatic carbocycles. The Bertz CT molecular complexity index is 1070. The molecule has 0 atom stereocenters. The van der Waals surface area contributed by atoms with Crippen LogP contribution in [0.25, 0.3) is 22.7 Å². The van der Waals surface area contributed by atoms with E-state index in [1.54, 1.807) is 11.8 Å². The highest BCUT2D eigenvalue weighted by Gasteiger charge is 2.21. The largest absolute Gasteiger partial charge is 0.420 e. The molecule has 0 saturated heterocycles. The molecule has 0 amide bonds. The standard InChI is InChI=1S/C21H19N3O2S/c1-13-9-10-17(11-14(13)2)27-12-18-22-23-21(25-18)19-15(3)26-24-20(19)16-7-5-4-6-8-16/h4-11H,12H2,1-3H3. The highest BCUT2D eigenvalue weighted by atomic mass is 32.2. The monoisotopic (exact) mass is 377 g/mol. The third kappa shape index (κ3) is 3.66. The fourth-order valence-corrected chi connectivity index (χ4v) is 3.61.